The van der Waals surface area contributed by atoms with Crippen molar-refractivity contribution in [1.82, 2.24) is 0 Å². The SMILES string of the molecule is CCC(=O)OC(COC(=O)CC(C)O)COC(=O)CC(C)O. The summed E-state index contributed by atoms with van der Waals surface area (Å²) >= 11 is 0. The van der Waals surface area contributed by atoms with Crippen LogP contribution in [0.2, 0.25) is 0 Å². The van der Waals surface area contributed by atoms with Crippen LogP contribution in [0, 0.1) is 0 Å². The first-order valence-electron chi connectivity index (χ1n) is 7.11. The number of rotatable bonds is 10. The van der Waals surface area contributed by atoms with Gasteiger partial charge in [-0.2, -0.15) is 0 Å². The summed E-state index contributed by atoms with van der Waals surface area (Å²) in [4.78, 5) is 34.0. The average molecular weight is 320 g/mol. The van der Waals surface area contributed by atoms with E-state index in [1.54, 1.807) is 6.92 Å². The van der Waals surface area contributed by atoms with E-state index in [0.29, 0.717) is 0 Å². The number of aliphatic hydroxyl groups is 2. The summed E-state index contributed by atoms with van der Waals surface area (Å²) in [5, 5.41) is 18.1. The second kappa shape index (κ2) is 11.0. The zero-order chi connectivity index (χ0) is 17.1. The number of hydrogen-bond donors (Lipinski definition) is 2. The van der Waals surface area contributed by atoms with Crippen LogP contribution in [0.1, 0.15) is 40.0 Å². The van der Waals surface area contributed by atoms with Gasteiger partial charge >= 0.3 is 17.9 Å². The summed E-state index contributed by atoms with van der Waals surface area (Å²) < 4.78 is 14.7. The molecular weight excluding hydrogens is 296 g/mol. The van der Waals surface area contributed by atoms with Crippen molar-refractivity contribution in [2.24, 2.45) is 0 Å². The van der Waals surface area contributed by atoms with Gasteiger partial charge in [-0.3, -0.25) is 14.4 Å². The van der Waals surface area contributed by atoms with E-state index in [0.717, 1.165) is 0 Å². The topological polar surface area (TPSA) is 119 Å². The molecule has 0 saturated heterocycles. The van der Waals surface area contributed by atoms with Crippen molar-refractivity contribution in [2.45, 2.75) is 58.3 Å². The van der Waals surface area contributed by atoms with Crippen LogP contribution in [-0.2, 0) is 28.6 Å². The predicted octanol–water partition coefficient (Wildman–Crippen LogP) is -0.0636. The van der Waals surface area contributed by atoms with Gasteiger partial charge in [0.2, 0.25) is 0 Å². The van der Waals surface area contributed by atoms with Gasteiger partial charge < -0.3 is 24.4 Å². The first-order valence-corrected chi connectivity index (χ1v) is 7.11. The van der Waals surface area contributed by atoms with Gasteiger partial charge in [-0.15, -0.1) is 0 Å². The van der Waals surface area contributed by atoms with Crippen LogP contribution in [0.15, 0.2) is 0 Å². The van der Waals surface area contributed by atoms with Gasteiger partial charge in [0.25, 0.3) is 0 Å². The molecule has 2 atom stereocenters. The Bertz CT molecular complexity index is 338. The van der Waals surface area contributed by atoms with Gasteiger partial charge in [-0.1, -0.05) is 6.92 Å². The van der Waals surface area contributed by atoms with Crippen molar-refractivity contribution in [2.75, 3.05) is 13.2 Å². The minimum Gasteiger partial charge on any atom is -0.462 e. The zero-order valence-corrected chi connectivity index (χ0v) is 13.1. The van der Waals surface area contributed by atoms with Crippen molar-refractivity contribution in [1.29, 1.82) is 0 Å². The summed E-state index contributed by atoms with van der Waals surface area (Å²) in [5.41, 5.74) is 0. The molecule has 0 aliphatic carbocycles. The normalized spacial score (nSPS) is 14.6. The molecule has 8 heteroatoms. The van der Waals surface area contributed by atoms with Crippen LogP contribution < -0.4 is 0 Å². The highest BCUT2D eigenvalue weighted by atomic mass is 16.6. The molecule has 0 amide bonds. The minimum absolute atomic E-state index is 0.125. The summed E-state index contributed by atoms with van der Waals surface area (Å²) in [7, 11) is 0. The fraction of sp³-hybridized carbons (Fsp3) is 0.786. The van der Waals surface area contributed by atoms with E-state index >= 15 is 0 Å². The molecule has 0 aromatic heterocycles. The fourth-order valence-corrected chi connectivity index (χ4v) is 1.36. The Balaban J connectivity index is 4.34. The monoisotopic (exact) mass is 320 g/mol. The minimum atomic E-state index is -0.927. The molecule has 0 aromatic carbocycles. The molecule has 0 saturated carbocycles. The van der Waals surface area contributed by atoms with Crippen molar-refractivity contribution in [3.63, 3.8) is 0 Å². The number of aliphatic hydroxyl groups excluding tert-OH is 2. The van der Waals surface area contributed by atoms with Crippen molar-refractivity contribution in [3.8, 4) is 0 Å². The highest BCUT2D eigenvalue weighted by Crippen LogP contribution is 2.03. The average Bonchev–Trinajstić information content (AvgIpc) is 2.39. The lowest BCUT2D eigenvalue weighted by molar-refractivity contribution is -0.167. The lowest BCUT2D eigenvalue weighted by atomic mass is 10.3. The molecule has 0 aliphatic rings. The van der Waals surface area contributed by atoms with Gasteiger partial charge in [-0.05, 0) is 13.8 Å². The Morgan fingerprint density at radius 2 is 1.27 bits per heavy atom. The van der Waals surface area contributed by atoms with Crippen LogP contribution in [0.3, 0.4) is 0 Å². The second-order valence-corrected chi connectivity index (χ2v) is 4.94. The van der Waals surface area contributed by atoms with Crippen molar-refractivity contribution >= 4 is 17.9 Å². The van der Waals surface area contributed by atoms with E-state index < -0.39 is 36.2 Å². The molecule has 0 bridgehead atoms. The standard InChI is InChI=1S/C14H24O8/c1-4-12(17)22-11(7-20-13(18)5-9(2)15)8-21-14(19)6-10(3)16/h9-11,15-16H,4-8H2,1-3H3. The number of carbonyl (C=O) groups excluding carboxylic acids is 3. The van der Waals surface area contributed by atoms with Crippen molar-refractivity contribution in [3.05, 3.63) is 0 Å². The van der Waals surface area contributed by atoms with Crippen LogP contribution in [0.4, 0.5) is 0 Å². The summed E-state index contributed by atoms with van der Waals surface area (Å²) in [5.74, 6) is -1.83. The predicted molar refractivity (Wildman–Crippen MR) is 74.7 cm³/mol. The first-order chi connectivity index (χ1) is 10.2. The molecule has 8 nitrogen and oxygen atoms in total. The Kier molecular flexibility index (Phi) is 10.1. The van der Waals surface area contributed by atoms with Gasteiger partial charge in [0.15, 0.2) is 6.10 Å². The molecule has 0 heterocycles. The Morgan fingerprint density at radius 3 is 1.59 bits per heavy atom. The third-order valence-corrected chi connectivity index (χ3v) is 2.37. The molecular formula is C14H24O8. The van der Waals surface area contributed by atoms with Gasteiger partial charge in [0, 0.05) is 6.42 Å². The van der Waals surface area contributed by atoms with Crippen LogP contribution in [-0.4, -0.2) is 59.6 Å². The summed E-state index contributed by atoms with van der Waals surface area (Å²) in [6.45, 7) is 3.91. The molecule has 0 radical (unpaired) electrons. The van der Waals surface area contributed by atoms with E-state index in [2.05, 4.69) is 0 Å². The molecule has 22 heavy (non-hydrogen) atoms. The smallest absolute Gasteiger partial charge is 0.308 e. The lowest BCUT2D eigenvalue weighted by Gasteiger charge is -2.18. The maximum atomic E-state index is 11.3. The molecule has 0 aliphatic heterocycles. The Hall–Kier alpha value is -1.67. The summed E-state index contributed by atoms with van der Waals surface area (Å²) in [6.07, 6.45) is -2.85. The molecule has 0 spiro atoms. The first kappa shape index (κ1) is 20.3. The Morgan fingerprint density at radius 1 is 0.864 bits per heavy atom. The maximum Gasteiger partial charge on any atom is 0.308 e. The molecule has 2 N–H and O–H groups in total. The number of esters is 3. The second-order valence-electron chi connectivity index (χ2n) is 4.94. The molecule has 2 unspecified atom stereocenters. The van der Waals surface area contributed by atoms with E-state index in [-0.39, 0.29) is 32.5 Å². The van der Waals surface area contributed by atoms with Crippen LogP contribution in [0.5, 0.6) is 0 Å². The van der Waals surface area contributed by atoms with E-state index in [9.17, 15) is 14.4 Å². The van der Waals surface area contributed by atoms with E-state index in [1.165, 1.54) is 13.8 Å². The quantitative estimate of drug-likeness (QED) is 0.424. The van der Waals surface area contributed by atoms with Crippen molar-refractivity contribution < 1.29 is 38.8 Å². The van der Waals surface area contributed by atoms with Crippen LogP contribution in [0.25, 0.3) is 0 Å². The fourth-order valence-electron chi connectivity index (χ4n) is 1.36. The molecule has 0 rings (SSSR count). The third kappa shape index (κ3) is 11.0. The largest absolute Gasteiger partial charge is 0.462 e. The molecule has 128 valence electrons. The number of ether oxygens (including phenoxy) is 3. The number of hydrogen-bond acceptors (Lipinski definition) is 8. The molecule has 0 aromatic rings. The Labute approximate surface area is 129 Å². The van der Waals surface area contributed by atoms with E-state index in [4.69, 9.17) is 24.4 Å². The van der Waals surface area contributed by atoms with Gasteiger partial charge in [-0.25, -0.2) is 0 Å². The highest BCUT2D eigenvalue weighted by Gasteiger charge is 2.19. The number of carbonyl (C=O) groups is 3. The van der Waals surface area contributed by atoms with Gasteiger partial charge in [0.1, 0.15) is 13.2 Å². The highest BCUT2D eigenvalue weighted by molar-refractivity contribution is 5.71. The molecule has 0 fully saturated rings. The third-order valence-electron chi connectivity index (χ3n) is 2.37. The van der Waals surface area contributed by atoms with Gasteiger partial charge in [0.05, 0.1) is 25.0 Å². The van der Waals surface area contributed by atoms with Crippen LogP contribution >= 0.6 is 0 Å². The maximum absolute atomic E-state index is 11.3. The van der Waals surface area contributed by atoms with E-state index in [1.807, 2.05) is 0 Å². The summed E-state index contributed by atoms with van der Waals surface area (Å²) in [6, 6.07) is 0. The lowest BCUT2D eigenvalue weighted by Crippen LogP contribution is -2.31. The zero-order valence-electron chi connectivity index (χ0n) is 13.1.